The van der Waals surface area contributed by atoms with Crippen LogP contribution in [0.5, 0.6) is 5.88 Å². The van der Waals surface area contributed by atoms with Gasteiger partial charge in [-0.2, -0.15) is 9.61 Å². The van der Waals surface area contributed by atoms with Crippen LogP contribution in [0.1, 0.15) is 5.82 Å². The van der Waals surface area contributed by atoms with Gasteiger partial charge in [0.05, 0.1) is 0 Å². The summed E-state index contributed by atoms with van der Waals surface area (Å²) in [4.78, 5) is 4.05. The molecule has 1 N–H and O–H groups in total. The summed E-state index contributed by atoms with van der Waals surface area (Å²) in [5, 5.41) is 25.2. The van der Waals surface area contributed by atoms with Crippen molar-refractivity contribution in [1.82, 2.24) is 40.1 Å². The van der Waals surface area contributed by atoms with E-state index >= 15 is 0 Å². The number of hydrogen-bond acceptors (Lipinski definition) is 8. The van der Waals surface area contributed by atoms with E-state index in [4.69, 9.17) is 9.26 Å². The summed E-state index contributed by atoms with van der Waals surface area (Å²) >= 11 is 0. The van der Waals surface area contributed by atoms with Crippen LogP contribution in [0.4, 0.5) is 0 Å². The third kappa shape index (κ3) is 2.19. The van der Waals surface area contributed by atoms with Crippen molar-refractivity contribution in [2.75, 3.05) is 0 Å². The van der Waals surface area contributed by atoms with Gasteiger partial charge >= 0.3 is 0 Å². The molecule has 0 radical (unpaired) electrons. The van der Waals surface area contributed by atoms with Crippen molar-refractivity contribution in [2.45, 2.75) is 6.61 Å². The molecule has 10 heteroatoms. The van der Waals surface area contributed by atoms with E-state index in [0.717, 1.165) is 10.8 Å². The first kappa shape index (κ1) is 13.6. The summed E-state index contributed by atoms with van der Waals surface area (Å²) in [6.07, 6.45) is 2.97. The minimum Gasteiger partial charge on any atom is -0.468 e. The van der Waals surface area contributed by atoms with Crippen LogP contribution in [0, 0.1) is 0 Å². The summed E-state index contributed by atoms with van der Waals surface area (Å²) in [7, 11) is 0. The molecular weight excluding hydrogens is 324 g/mol. The molecule has 0 fully saturated rings. The Morgan fingerprint density at radius 1 is 1.12 bits per heavy atom. The van der Waals surface area contributed by atoms with Gasteiger partial charge in [-0.25, -0.2) is 4.98 Å². The number of nitrogens with zero attached hydrogens (tertiary/aromatic N) is 7. The average molecular weight is 334 g/mol. The molecule has 0 aliphatic rings. The third-order valence-corrected chi connectivity index (χ3v) is 3.70. The van der Waals surface area contributed by atoms with Gasteiger partial charge in [0.1, 0.15) is 12.6 Å². The minimum absolute atomic E-state index is 0.188. The van der Waals surface area contributed by atoms with Gasteiger partial charge in [-0.05, 0) is 6.07 Å². The topological polar surface area (TPSA) is 120 Å². The Labute approximate surface area is 139 Å². The second kappa shape index (κ2) is 5.37. The van der Waals surface area contributed by atoms with Gasteiger partial charge in [0.15, 0.2) is 23.8 Å². The standard InChI is InChI=1S/C15H10N8O2/c1-2-4-10-9(3-1)13-19-20-14(11-5-6-25-22-11)23(13)21-15(10)24-7-12-16-8-17-18-12/h1-6,8H,7H2,(H,16,17,18). The molecule has 5 rings (SSSR count). The smallest absolute Gasteiger partial charge is 0.240 e. The first-order valence-electron chi connectivity index (χ1n) is 7.42. The fourth-order valence-corrected chi connectivity index (χ4v) is 2.58. The Kier molecular flexibility index (Phi) is 2.92. The highest BCUT2D eigenvalue weighted by Gasteiger charge is 2.17. The monoisotopic (exact) mass is 334 g/mol. The van der Waals surface area contributed by atoms with E-state index < -0.39 is 0 Å². The molecule has 1 aromatic carbocycles. The van der Waals surface area contributed by atoms with E-state index in [1.165, 1.54) is 12.6 Å². The SMILES string of the molecule is c1ccc2c(c1)c(OCc1nc[nH]n1)nn1c(-c3ccon3)nnc21. The summed E-state index contributed by atoms with van der Waals surface area (Å²) in [6.45, 7) is 0.188. The van der Waals surface area contributed by atoms with Crippen LogP contribution in [0.2, 0.25) is 0 Å². The summed E-state index contributed by atoms with van der Waals surface area (Å²) < 4.78 is 12.3. The fourth-order valence-electron chi connectivity index (χ4n) is 2.58. The van der Waals surface area contributed by atoms with Crippen molar-refractivity contribution in [3.63, 3.8) is 0 Å². The summed E-state index contributed by atoms with van der Waals surface area (Å²) in [5.41, 5.74) is 1.15. The van der Waals surface area contributed by atoms with Crippen molar-refractivity contribution < 1.29 is 9.26 Å². The number of aromatic nitrogens is 8. The maximum atomic E-state index is 5.84. The van der Waals surface area contributed by atoms with Gasteiger partial charge in [-0.15, -0.1) is 15.3 Å². The molecule has 5 aromatic rings. The molecule has 25 heavy (non-hydrogen) atoms. The zero-order valence-electron chi connectivity index (χ0n) is 12.7. The van der Waals surface area contributed by atoms with Crippen LogP contribution in [-0.2, 0) is 6.61 Å². The molecule has 0 unspecified atom stereocenters. The molecule has 0 atom stereocenters. The quantitative estimate of drug-likeness (QED) is 0.526. The molecule has 0 spiro atoms. The molecule has 0 saturated carbocycles. The first-order chi connectivity index (χ1) is 12.4. The lowest BCUT2D eigenvalue weighted by Gasteiger charge is -2.08. The lowest BCUT2D eigenvalue weighted by Crippen LogP contribution is -2.04. The van der Waals surface area contributed by atoms with Crippen LogP contribution >= 0.6 is 0 Å². The molecule has 0 amide bonds. The summed E-state index contributed by atoms with van der Waals surface area (Å²) in [5.74, 6) is 1.43. The Bertz CT molecular complexity index is 1150. The van der Waals surface area contributed by atoms with Crippen LogP contribution in [0.3, 0.4) is 0 Å². The van der Waals surface area contributed by atoms with Crippen LogP contribution in [-0.4, -0.2) is 40.1 Å². The Morgan fingerprint density at radius 3 is 2.84 bits per heavy atom. The Balaban J connectivity index is 1.70. The van der Waals surface area contributed by atoms with E-state index in [1.54, 1.807) is 10.6 Å². The largest absolute Gasteiger partial charge is 0.468 e. The molecule has 0 aliphatic carbocycles. The molecule has 0 saturated heterocycles. The number of fused-ring (bicyclic) bond motifs is 3. The lowest BCUT2D eigenvalue weighted by atomic mass is 10.2. The predicted molar refractivity (Wildman–Crippen MR) is 84.5 cm³/mol. The molecule has 10 nitrogen and oxygen atoms in total. The highest BCUT2D eigenvalue weighted by molar-refractivity contribution is 5.96. The van der Waals surface area contributed by atoms with Crippen molar-refractivity contribution >= 4 is 16.4 Å². The minimum atomic E-state index is 0.188. The number of ether oxygens (including phenoxy) is 1. The second-order valence-corrected chi connectivity index (χ2v) is 5.20. The highest BCUT2D eigenvalue weighted by atomic mass is 16.5. The molecular formula is C15H10N8O2. The Hall–Kier alpha value is -3.82. The van der Waals surface area contributed by atoms with Crippen LogP contribution in [0.15, 0.2) is 47.4 Å². The lowest BCUT2D eigenvalue weighted by molar-refractivity contribution is 0.284. The average Bonchev–Trinajstić information content (AvgIpc) is 3.40. The molecule has 0 aliphatic heterocycles. The van der Waals surface area contributed by atoms with Crippen molar-refractivity contribution in [2.24, 2.45) is 0 Å². The molecule has 4 heterocycles. The number of rotatable bonds is 4. The molecule has 4 aromatic heterocycles. The van der Waals surface area contributed by atoms with E-state index in [0.29, 0.717) is 28.9 Å². The molecule has 122 valence electrons. The number of nitrogens with one attached hydrogen (secondary N) is 1. The summed E-state index contributed by atoms with van der Waals surface area (Å²) in [6, 6.07) is 9.38. The number of aromatic amines is 1. The maximum absolute atomic E-state index is 5.84. The van der Waals surface area contributed by atoms with E-state index in [-0.39, 0.29) is 6.61 Å². The van der Waals surface area contributed by atoms with Crippen molar-refractivity contribution in [3.8, 4) is 17.4 Å². The molecule has 0 bridgehead atoms. The van der Waals surface area contributed by atoms with Crippen LogP contribution in [0.25, 0.3) is 27.9 Å². The van der Waals surface area contributed by atoms with Crippen LogP contribution < -0.4 is 4.74 Å². The Morgan fingerprint density at radius 2 is 2.04 bits per heavy atom. The van der Waals surface area contributed by atoms with E-state index in [2.05, 4.69) is 35.6 Å². The van der Waals surface area contributed by atoms with E-state index in [9.17, 15) is 0 Å². The zero-order valence-corrected chi connectivity index (χ0v) is 12.7. The zero-order chi connectivity index (χ0) is 16.6. The first-order valence-corrected chi connectivity index (χ1v) is 7.42. The van der Waals surface area contributed by atoms with Crippen molar-refractivity contribution in [3.05, 3.63) is 48.7 Å². The predicted octanol–water partition coefficient (Wildman–Crippen LogP) is 1.63. The number of H-pyrrole nitrogens is 1. The van der Waals surface area contributed by atoms with Gasteiger partial charge in [0.25, 0.3) is 0 Å². The highest BCUT2D eigenvalue weighted by Crippen LogP contribution is 2.28. The van der Waals surface area contributed by atoms with E-state index in [1.807, 2.05) is 24.3 Å². The van der Waals surface area contributed by atoms with Gasteiger partial charge in [0.2, 0.25) is 11.7 Å². The normalized spacial score (nSPS) is 11.4. The second-order valence-electron chi connectivity index (χ2n) is 5.20. The maximum Gasteiger partial charge on any atom is 0.240 e. The van der Waals surface area contributed by atoms with Gasteiger partial charge in [-0.1, -0.05) is 23.4 Å². The number of hydrogen-bond donors (Lipinski definition) is 1. The fraction of sp³-hybridized carbons (Fsp3) is 0.0667. The third-order valence-electron chi connectivity index (χ3n) is 3.70. The number of benzene rings is 1. The van der Waals surface area contributed by atoms with Crippen molar-refractivity contribution in [1.29, 1.82) is 0 Å². The van der Waals surface area contributed by atoms with Gasteiger partial charge < -0.3 is 9.26 Å². The van der Waals surface area contributed by atoms with Gasteiger partial charge in [-0.3, -0.25) is 5.10 Å². The van der Waals surface area contributed by atoms with Gasteiger partial charge in [0, 0.05) is 16.8 Å².